The number of para-hydroxylation sites is 2. The maximum Gasteiger partial charge on any atom is 0.0965 e. The van der Waals surface area contributed by atoms with Gasteiger partial charge in [0.1, 0.15) is 0 Å². The van der Waals surface area contributed by atoms with E-state index < -0.39 is 0 Å². The van der Waals surface area contributed by atoms with Crippen LogP contribution in [0.4, 0.5) is 11.4 Å². The van der Waals surface area contributed by atoms with Gasteiger partial charge in [-0.05, 0) is 45.0 Å². The van der Waals surface area contributed by atoms with Crippen molar-refractivity contribution in [3.8, 4) is 0 Å². The van der Waals surface area contributed by atoms with Crippen molar-refractivity contribution in [3.05, 3.63) is 24.3 Å². The molecule has 3 heteroatoms. The third-order valence-corrected chi connectivity index (χ3v) is 3.67. The normalized spacial score (nSPS) is 22.8. The van der Waals surface area contributed by atoms with Crippen molar-refractivity contribution in [1.29, 1.82) is 0 Å². The van der Waals surface area contributed by atoms with E-state index in [0.29, 0.717) is 12.2 Å². The van der Waals surface area contributed by atoms with Crippen molar-refractivity contribution in [2.75, 3.05) is 23.3 Å². The third-order valence-electron chi connectivity index (χ3n) is 3.67. The summed E-state index contributed by atoms with van der Waals surface area (Å²) in [6, 6.07) is 9.32. The Morgan fingerprint density at radius 2 is 1.78 bits per heavy atom. The average Bonchev–Trinajstić information content (AvgIpc) is 2.78. The standard InChI is InChI=1S/C13H19N3.C2H6/c1-10-15-12-4-2-3-5-13(12)16(10)11-6-8-14-9-7-11;1-2/h2-5,10-11,14-15H,6-9H2,1H3;1-2H3. The molecular formula is C15H25N3. The molecule has 0 aliphatic carbocycles. The zero-order chi connectivity index (χ0) is 13.0. The molecule has 2 heterocycles. The molecule has 0 spiro atoms. The van der Waals surface area contributed by atoms with Crippen LogP contribution in [-0.4, -0.2) is 25.3 Å². The van der Waals surface area contributed by atoms with Gasteiger partial charge in [-0.15, -0.1) is 0 Å². The van der Waals surface area contributed by atoms with Crippen LogP contribution >= 0.6 is 0 Å². The van der Waals surface area contributed by atoms with Crippen LogP contribution in [0.3, 0.4) is 0 Å². The van der Waals surface area contributed by atoms with Gasteiger partial charge in [0, 0.05) is 6.04 Å². The first-order chi connectivity index (χ1) is 8.86. The van der Waals surface area contributed by atoms with Crippen molar-refractivity contribution >= 4 is 11.4 Å². The first-order valence-electron chi connectivity index (χ1n) is 7.21. The second-order valence-electron chi connectivity index (χ2n) is 4.73. The molecule has 1 fully saturated rings. The minimum Gasteiger partial charge on any atom is -0.364 e. The van der Waals surface area contributed by atoms with Crippen LogP contribution in [0.1, 0.15) is 33.6 Å². The van der Waals surface area contributed by atoms with E-state index in [9.17, 15) is 0 Å². The summed E-state index contributed by atoms with van der Waals surface area (Å²) >= 11 is 0. The van der Waals surface area contributed by atoms with Crippen LogP contribution < -0.4 is 15.5 Å². The summed E-state index contributed by atoms with van der Waals surface area (Å²) in [5.41, 5.74) is 2.66. The second-order valence-corrected chi connectivity index (χ2v) is 4.73. The zero-order valence-electron chi connectivity index (χ0n) is 11.7. The minimum atomic E-state index is 0.431. The largest absolute Gasteiger partial charge is 0.364 e. The van der Waals surface area contributed by atoms with Crippen molar-refractivity contribution in [1.82, 2.24) is 5.32 Å². The fraction of sp³-hybridized carbons (Fsp3) is 0.600. The molecule has 100 valence electrons. The number of nitrogens with zero attached hydrogens (tertiary/aromatic N) is 1. The van der Waals surface area contributed by atoms with E-state index >= 15 is 0 Å². The van der Waals surface area contributed by atoms with E-state index in [1.165, 1.54) is 24.2 Å². The quantitative estimate of drug-likeness (QED) is 0.798. The molecule has 18 heavy (non-hydrogen) atoms. The molecule has 1 aromatic carbocycles. The maximum absolute atomic E-state index is 3.55. The molecule has 0 amide bonds. The summed E-state index contributed by atoms with van der Waals surface area (Å²) in [5, 5.41) is 6.98. The van der Waals surface area contributed by atoms with Crippen molar-refractivity contribution in [2.24, 2.45) is 0 Å². The lowest BCUT2D eigenvalue weighted by Crippen LogP contribution is -2.47. The predicted molar refractivity (Wildman–Crippen MR) is 79.2 cm³/mol. The van der Waals surface area contributed by atoms with Gasteiger partial charge in [0.15, 0.2) is 0 Å². The lowest BCUT2D eigenvalue weighted by molar-refractivity contribution is 0.420. The zero-order valence-corrected chi connectivity index (χ0v) is 11.7. The van der Waals surface area contributed by atoms with Crippen molar-refractivity contribution in [3.63, 3.8) is 0 Å². The highest BCUT2D eigenvalue weighted by Crippen LogP contribution is 2.37. The molecule has 0 aromatic heterocycles. The van der Waals surface area contributed by atoms with Crippen molar-refractivity contribution < 1.29 is 0 Å². The van der Waals surface area contributed by atoms with Crippen LogP contribution in [0, 0.1) is 0 Å². The summed E-state index contributed by atoms with van der Waals surface area (Å²) in [4.78, 5) is 2.55. The number of anilines is 2. The van der Waals surface area contributed by atoms with E-state index in [1.54, 1.807) is 0 Å². The molecule has 1 aromatic rings. The Morgan fingerprint density at radius 3 is 2.50 bits per heavy atom. The average molecular weight is 247 g/mol. The molecule has 1 atom stereocenters. The summed E-state index contributed by atoms with van der Waals surface area (Å²) in [6.07, 6.45) is 2.93. The van der Waals surface area contributed by atoms with E-state index in [-0.39, 0.29) is 0 Å². The molecule has 3 nitrogen and oxygen atoms in total. The maximum atomic E-state index is 3.55. The fourth-order valence-electron chi connectivity index (χ4n) is 2.92. The van der Waals surface area contributed by atoms with Gasteiger partial charge in [-0.3, -0.25) is 0 Å². The van der Waals surface area contributed by atoms with Gasteiger partial charge < -0.3 is 15.5 Å². The molecule has 1 saturated heterocycles. The number of hydrogen-bond acceptors (Lipinski definition) is 3. The van der Waals surface area contributed by atoms with Gasteiger partial charge in [-0.1, -0.05) is 26.0 Å². The van der Waals surface area contributed by atoms with E-state index in [4.69, 9.17) is 0 Å². The lowest BCUT2D eigenvalue weighted by Gasteiger charge is -2.36. The van der Waals surface area contributed by atoms with Gasteiger partial charge >= 0.3 is 0 Å². The van der Waals surface area contributed by atoms with Crippen LogP contribution in [-0.2, 0) is 0 Å². The molecule has 3 rings (SSSR count). The second kappa shape index (κ2) is 6.10. The van der Waals surface area contributed by atoms with Crippen LogP contribution in [0.15, 0.2) is 24.3 Å². The van der Waals surface area contributed by atoms with Crippen molar-refractivity contribution in [2.45, 2.75) is 45.8 Å². The highest BCUT2D eigenvalue weighted by molar-refractivity contribution is 5.76. The molecule has 1 unspecified atom stereocenters. The predicted octanol–water partition coefficient (Wildman–Crippen LogP) is 3.04. The summed E-state index contributed by atoms with van der Waals surface area (Å²) in [5.74, 6) is 0. The highest BCUT2D eigenvalue weighted by Gasteiger charge is 2.31. The summed E-state index contributed by atoms with van der Waals surface area (Å²) < 4.78 is 0. The Hall–Kier alpha value is -1.22. The number of piperidine rings is 1. The monoisotopic (exact) mass is 247 g/mol. The van der Waals surface area contributed by atoms with Gasteiger partial charge in [0.25, 0.3) is 0 Å². The number of fused-ring (bicyclic) bond motifs is 1. The van der Waals surface area contributed by atoms with Gasteiger partial charge in [0.2, 0.25) is 0 Å². The Morgan fingerprint density at radius 1 is 1.11 bits per heavy atom. The number of rotatable bonds is 1. The van der Waals surface area contributed by atoms with Gasteiger partial charge in [-0.2, -0.15) is 0 Å². The van der Waals surface area contributed by atoms with E-state index in [0.717, 1.165) is 13.1 Å². The Labute approximate surface area is 111 Å². The van der Waals surface area contributed by atoms with Gasteiger partial charge in [0.05, 0.1) is 17.5 Å². The SMILES string of the molecule is CC.CC1Nc2ccccc2N1C1CCNCC1. The van der Waals surface area contributed by atoms with E-state index in [2.05, 4.69) is 46.7 Å². The molecule has 0 bridgehead atoms. The first kappa shape index (κ1) is 13.2. The number of hydrogen-bond donors (Lipinski definition) is 2. The molecular weight excluding hydrogens is 222 g/mol. The molecule has 2 aliphatic heterocycles. The highest BCUT2D eigenvalue weighted by atomic mass is 15.3. The third kappa shape index (κ3) is 2.46. The summed E-state index contributed by atoms with van der Waals surface area (Å²) in [6.45, 7) is 8.55. The Kier molecular flexibility index (Phi) is 4.48. The lowest BCUT2D eigenvalue weighted by atomic mass is 10.0. The number of benzene rings is 1. The Bertz CT molecular complexity index is 372. The fourth-order valence-corrected chi connectivity index (χ4v) is 2.92. The molecule has 2 aliphatic rings. The Balaban J connectivity index is 0.000000574. The van der Waals surface area contributed by atoms with E-state index in [1.807, 2.05) is 13.8 Å². The molecule has 0 saturated carbocycles. The van der Waals surface area contributed by atoms with Gasteiger partial charge in [-0.25, -0.2) is 0 Å². The summed E-state index contributed by atoms with van der Waals surface area (Å²) in [7, 11) is 0. The smallest absolute Gasteiger partial charge is 0.0965 e. The minimum absolute atomic E-state index is 0.431. The number of nitrogens with one attached hydrogen (secondary N) is 2. The van der Waals surface area contributed by atoms with Crippen LogP contribution in [0.5, 0.6) is 0 Å². The molecule has 0 radical (unpaired) electrons. The molecule has 2 N–H and O–H groups in total. The van der Waals surface area contributed by atoms with Crippen LogP contribution in [0.2, 0.25) is 0 Å². The topological polar surface area (TPSA) is 27.3 Å². The first-order valence-corrected chi connectivity index (χ1v) is 7.21. The van der Waals surface area contributed by atoms with Crippen LogP contribution in [0.25, 0.3) is 0 Å².